The topological polar surface area (TPSA) is 110 Å². The lowest BCUT2D eigenvalue weighted by Gasteiger charge is -2.53. The van der Waals surface area contributed by atoms with Crippen molar-refractivity contribution in [1.82, 2.24) is 15.3 Å². The summed E-state index contributed by atoms with van der Waals surface area (Å²) in [6.07, 6.45) is 5.09. The van der Waals surface area contributed by atoms with Crippen LogP contribution in [0.4, 0.5) is 4.79 Å². The van der Waals surface area contributed by atoms with Crippen LogP contribution in [0, 0.1) is 17.2 Å². The number of nitrogens with one attached hydrogen (secondary N) is 1. The molecule has 4 aliphatic rings. The minimum Gasteiger partial charge on any atom is -0.444 e. The van der Waals surface area contributed by atoms with Gasteiger partial charge in [0.2, 0.25) is 0 Å². The van der Waals surface area contributed by atoms with Crippen molar-refractivity contribution in [3.05, 3.63) is 11.8 Å². The number of rotatable bonds is 3. The molecule has 2 saturated heterocycles. The molecule has 0 aromatic rings. The Kier molecular flexibility index (Phi) is 4.17. The van der Waals surface area contributed by atoms with Gasteiger partial charge in [0, 0.05) is 6.21 Å². The molecule has 148 valence electrons. The van der Waals surface area contributed by atoms with E-state index in [2.05, 4.69) is 21.5 Å². The quantitative estimate of drug-likeness (QED) is 0.787. The van der Waals surface area contributed by atoms with Crippen molar-refractivity contribution >= 4 is 24.1 Å². The van der Waals surface area contributed by atoms with Gasteiger partial charge in [-0.1, -0.05) is 0 Å². The Balaban J connectivity index is 1.58. The third-order valence-corrected chi connectivity index (χ3v) is 5.12. The number of nitrogens with zero attached hydrogens (tertiary/aromatic N) is 5. The minimum atomic E-state index is -0.637. The predicted octanol–water partition coefficient (Wildman–Crippen LogP) is 1.38. The molecule has 9 heteroatoms. The average Bonchev–Trinajstić information content (AvgIpc) is 3.29. The second-order valence-electron chi connectivity index (χ2n) is 8.73. The molecule has 1 atom stereocenters. The summed E-state index contributed by atoms with van der Waals surface area (Å²) in [6, 6.07) is 2.47. The number of hydrogen-bond donors (Lipinski definition) is 1. The minimum absolute atomic E-state index is 0.200. The summed E-state index contributed by atoms with van der Waals surface area (Å²) in [4.78, 5) is 34.9. The van der Waals surface area contributed by atoms with Crippen LogP contribution in [-0.4, -0.2) is 64.2 Å². The Morgan fingerprint density at radius 1 is 1.46 bits per heavy atom. The van der Waals surface area contributed by atoms with Crippen LogP contribution in [-0.2, 0) is 9.53 Å². The molecule has 1 N–H and O–H groups in total. The number of carbonyl (C=O) groups is 2. The second-order valence-corrected chi connectivity index (χ2v) is 8.73. The van der Waals surface area contributed by atoms with Gasteiger partial charge in [-0.15, -0.1) is 0 Å². The Morgan fingerprint density at radius 2 is 2.18 bits per heavy atom. The number of hydrogen-bond acceptors (Lipinski definition) is 6. The zero-order valence-corrected chi connectivity index (χ0v) is 16.3. The Bertz CT molecular complexity index is 837. The molecule has 0 aromatic heterocycles. The lowest BCUT2D eigenvalue weighted by atomic mass is 9.85. The van der Waals surface area contributed by atoms with E-state index in [9.17, 15) is 14.9 Å². The highest BCUT2D eigenvalue weighted by Crippen LogP contribution is 2.40. The fourth-order valence-electron chi connectivity index (χ4n) is 3.68. The third kappa shape index (κ3) is 3.23. The molecule has 1 saturated carbocycles. The number of dihydropyridines is 1. The second kappa shape index (κ2) is 6.33. The fraction of sp³-hybridized carbons (Fsp3) is 0.632. The first kappa shape index (κ1) is 18.5. The lowest BCUT2D eigenvalue weighted by Crippen LogP contribution is -2.72. The predicted molar refractivity (Wildman–Crippen MR) is 101 cm³/mol. The highest BCUT2D eigenvalue weighted by atomic mass is 16.6. The van der Waals surface area contributed by atoms with Gasteiger partial charge < -0.3 is 9.64 Å². The van der Waals surface area contributed by atoms with Crippen LogP contribution in [0.1, 0.15) is 40.0 Å². The number of amides is 2. The SMILES string of the molecule is CC(C)(C)OC(=O)N1CC(CC#N)(N2NC(=NC3CC3)C3C(=O)N=CC=C32)C1. The zero-order chi connectivity index (χ0) is 20.1. The number of allylic oxidation sites excluding steroid dienone is 1. The van der Waals surface area contributed by atoms with Crippen LogP contribution < -0.4 is 5.43 Å². The number of ether oxygens (including phenoxy) is 1. The first-order valence-electron chi connectivity index (χ1n) is 9.50. The van der Waals surface area contributed by atoms with E-state index >= 15 is 0 Å². The summed E-state index contributed by atoms with van der Waals surface area (Å²) in [6.45, 7) is 6.11. The van der Waals surface area contributed by atoms with Crippen molar-refractivity contribution in [3.63, 3.8) is 0 Å². The fourth-order valence-corrected chi connectivity index (χ4v) is 3.68. The summed E-state index contributed by atoms with van der Waals surface area (Å²) in [5.41, 5.74) is 2.77. The van der Waals surface area contributed by atoms with Gasteiger partial charge in [0.1, 0.15) is 22.9 Å². The monoisotopic (exact) mass is 384 g/mol. The standard InChI is InChI=1S/C19H24N6O3/c1-18(2,3)28-17(27)24-10-19(11-24,7-8-20)25-13-6-9-21-16(26)14(13)15(23-25)22-12-4-5-12/h6,9,12,14H,4-5,7,10-11H2,1-3H3,(H,22,23). The van der Waals surface area contributed by atoms with Crippen LogP contribution >= 0.6 is 0 Å². The van der Waals surface area contributed by atoms with Gasteiger partial charge in [-0.3, -0.25) is 20.2 Å². The maximum atomic E-state index is 12.4. The largest absolute Gasteiger partial charge is 0.444 e. The van der Waals surface area contributed by atoms with Crippen LogP contribution in [0.15, 0.2) is 21.8 Å². The van der Waals surface area contributed by atoms with E-state index in [0.717, 1.165) is 18.5 Å². The molecular weight excluding hydrogens is 360 g/mol. The van der Waals surface area contributed by atoms with Crippen molar-refractivity contribution in [3.8, 4) is 6.07 Å². The molecule has 4 rings (SSSR count). The Morgan fingerprint density at radius 3 is 2.79 bits per heavy atom. The van der Waals surface area contributed by atoms with Gasteiger partial charge >= 0.3 is 6.09 Å². The molecule has 0 radical (unpaired) electrons. The molecule has 1 unspecified atom stereocenters. The van der Waals surface area contributed by atoms with Crippen molar-refractivity contribution in [2.45, 2.75) is 57.2 Å². The highest BCUT2D eigenvalue weighted by Gasteiger charge is 2.56. The molecule has 0 spiro atoms. The van der Waals surface area contributed by atoms with Crippen LogP contribution in [0.5, 0.6) is 0 Å². The molecule has 1 aliphatic carbocycles. The summed E-state index contributed by atoms with van der Waals surface area (Å²) in [7, 11) is 0. The average molecular weight is 384 g/mol. The number of aliphatic imine (C=N–C) groups is 2. The Labute approximate surface area is 163 Å². The van der Waals surface area contributed by atoms with Crippen molar-refractivity contribution < 1.29 is 14.3 Å². The number of likely N-dealkylation sites (tertiary alicyclic amines) is 1. The first-order valence-corrected chi connectivity index (χ1v) is 9.50. The van der Waals surface area contributed by atoms with E-state index in [1.54, 1.807) is 11.0 Å². The number of carbonyl (C=O) groups excluding carboxylic acids is 2. The van der Waals surface area contributed by atoms with Crippen molar-refractivity contribution in [2.24, 2.45) is 15.9 Å². The summed E-state index contributed by atoms with van der Waals surface area (Å²) in [5.74, 6) is -0.234. The van der Waals surface area contributed by atoms with E-state index < -0.39 is 23.2 Å². The van der Waals surface area contributed by atoms with E-state index in [4.69, 9.17) is 4.74 Å². The van der Waals surface area contributed by atoms with Gasteiger partial charge in [-0.05, 0) is 39.7 Å². The van der Waals surface area contributed by atoms with Gasteiger partial charge in [-0.2, -0.15) is 5.26 Å². The van der Waals surface area contributed by atoms with E-state index in [0.29, 0.717) is 18.9 Å². The molecule has 9 nitrogen and oxygen atoms in total. The summed E-state index contributed by atoms with van der Waals surface area (Å²) < 4.78 is 5.43. The first-order chi connectivity index (χ1) is 13.2. The zero-order valence-electron chi connectivity index (χ0n) is 16.3. The molecule has 0 aromatic carbocycles. The van der Waals surface area contributed by atoms with Gasteiger partial charge in [-0.25, -0.2) is 9.79 Å². The molecule has 3 fully saturated rings. The van der Waals surface area contributed by atoms with Gasteiger partial charge in [0.25, 0.3) is 5.91 Å². The third-order valence-electron chi connectivity index (χ3n) is 5.12. The molecule has 28 heavy (non-hydrogen) atoms. The van der Waals surface area contributed by atoms with Crippen LogP contribution in [0.25, 0.3) is 0 Å². The number of nitriles is 1. The normalized spacial score (nSPS) is 26.9. The number of amidine groups is 1. The number of fused-ring (bicyclic) bond motifs is 1. The molecule has 3 aliphatic heterocycles. The van der Waals surface area contributed by atoms with E-state index in [-0.39, 0.29) is 18.4 Å². The highest BCUT2D eigenvalue weighted by molar-refractivity contribution is 6.12. The maximum Gasteiger partial charge on any atom is 0.410 e. The van der Waals surface area contributed by atoms with E-state index in [1.807, 2.05) is 25.8 Å². The lowest BCUT2D eigenvalue weighted by molar-refractivity contribution is -0.119. The Hall–Kier alpha value is -2.89. The molecule has 3 heterocycles. The molecule has 0 bridgehead atoms. The number of hydrazine groups is 1. The smallest absolute Gasteiger partial charge is 0.410 e. The molecule has 2 amide bonds. The maximum absolute atomic E-state index is 12.4. The van der Waals surface area contributed by atoms with Crippen molar-refractivity contribution in [1.29, 1.82) is 5.26 Å². The van der Waals surface area contributed by atoms with Crippen LogP contribution in [0.2, 0.25) is 0 Å². The van der Waals surface area contributed by atoms with Crippen molar-refractivity contribution in [2.75, 3.05) is 13.1 Å². The summed E-state index contributed by atoms with van der Waals surface area (Å²) >= 11 is 0. The van der Waals surface area contributed by atoms with Gasteiger partial charge in [0.05, 0.1) is 37.3 Å². The molecular formula is C19H24N6O3. The van der Waals surface area contributed by atoms with Crippen LogP contribution in [0.3, 0.4) is 0 Å². The van der Waals surface area contributed by atoms with E-state index in [1.165, 1.54) is 6.21 Å². The summed E-state index contributed by atoms with van der Waals surface area (Å²) in [5, 5.41) is 11.3. The van der Waals surface area contributed by atoms with Gasteiger partial charge in [0.15, 0.2) is 0 Å².